The van der Waals surface area contributed by atoms with Crippen molar-refractivity contribution in [1.29, 1.82) is 0 Å². The average molecular weight is 347 g/mol. The molecule has 0 aliphatic rings. The van der Waals surface area contributed by atoms with Gasteiger partial charge < -0.3 is 5.73 Å². The van der Waals surface area contributed by atoms with Crippen LogP contribution in [0.25, 0.3) is 28.2 Å². The first kappa shape index (κ1) is 15.9. The molecule has 8 heteroatoms. The van der Waals surface area contributed by atoms with Crippen molar-refractivity contribution < 1.29 is 4.79 Å². The number of pyridine rings is 2. The van der Waals surface area contributed by atoms with Gasteiger partial charge in [0.15, 0.2) is 5.65 Å². The molecular weight excluding hydrogens is 330 g/mol. The molecule has 0 unspecified atom stereocenters. The molecule has 4 heterocycles. The maximum absolute atomic E-state index is 11.6. The van der Waals surface area contributed by atoms with Crippen LogP contribution in [0.4, 0.5) is 0 Å². The molecule has 2 N–H and O–H groups in total. The minimum absolute atomic E-state index is 0.0972. The second-order valence-corrected chi connectivity index (χ2v) is 5.95. The van der Waals surface area contributed by atoms with E-state index in [1.807, 2.05) is 49.0 Å². The number of carbonyl (C=O) groups is 1. The van der Waals surface area contributed by atoms with Crippen LogP contribution in [0.1, 0.15) is 23.2 Å². The highest BCUT2D eigenvalue weighted by Crippen LogP contribution is 2.30. The molecule has 1 amide bonds. The smallest absolute Gasteiger partial charge is 0.287 e. The predicted octanol–water partition coefficient (Wildman–Crippen LogP) is 2.08. The highest BCUT2D eigenvalue weighted by atomic mass is 16.1. The molecule has 0 fully saturated rings. The number of carbonyl (C=O) groups excluding carboxylic acids is 1. The quantitative estimate of drug-likeness (QED) is 0.609. The fraction of sp³-hybridized carbons (Fsp3) is 0.167. The molecule has 8 nitrogen and oxygen atoms in total. The summed E-state index contributed by atoms with van der Waals surface area (Å²) in [4.78, 5) is 16.2. The fourth-order valence-electron chi connectivity index (χ4n) is 2.88. The van der Waals surface area contributed by atoms with E-state index in [-0.39, 0.29) is 5.82 Å². The average Bonchev–Trinajstić information content (AvgIpc) is 3.25. The molecule has 4 rings (SSSR count). The lowest BCUT2D eigenvalue weighted by molar-refractivity contribution is 0.0989. The van der Waals surface area contributed by atoms with E-state index in [9.17, 15) is 4.79 Å². The zero-order valence-electron chi connectivity index (χ0n) is 14.4. The molecule has 0 saturated carbocycles. The molecule has 0 spiro atoms. The number of rotatable bonds is 4. The Morgan fingerprint density at radius 1 is 1.15 bits per heavy atom. The van der Waals surface area contributed by atoms with Crippen LogP contribution in [-0.2, 0) is 6.54 Å². The van der Waals surface area contributed by atoms with Crippen LogP contribution in [0.2, 0.25) is 0 Å². The highest BCUT2D eigenvalue weighted by molar-refractivity contribution is 5.90. The maximum Gasteiger partial charge on any atom is 0.287 e. The summed E-state index contributed by atoms with van der Waals surface area (Å²) in [5, 5.41) is 12.5. The van der Waals surface area contributed by atoms with Crippen molar-refractivity contribution >= 4 is 11.6 Å². The number of fused-ring (bicyclic) bond motifs is 1. The normalized spacial score (nSPS) is 11.2. The molecule has 0 aliphatic heterocycles. The fourth-order valence-corrected chi connectivity index (χ4v) is 2.88. The lowest BCUT2D eigenvalue weighted by Gasteiger charge is -2.04. The monoisotopic (exact) mass is 347 g/mol. The molecule has 0 aromatic carbocycles. The molecule has 0 radical (unpaired) electrons. The highest BCUT2D eigenvalue weighted by Gasteiger charge is 2.17. The molecule has 130 valence electrons. The third kappa shape index (κ3) is 2.61. The zero-order chi connectivity index (χ0) is 18.3. The second kappa shape index (κ2) is 6.07. The first-order chi connectivity index (χ1) is 12.6. The summed E-state index contributed by atoms with van der Waals surface area (Å²) in [5.41, 5.74) is 10.2. The van der Waals surface area contributed by atoms with E-state index in [0.29, 0.717) is 5.65 Å². The molecule has 4 aromatic heterocycles. The number of amides is 1. The van der Waals surface area contributed by atoms with Gasteiger partial charge in [-0.1, -0.05) is 6.07 Å². The van der Waals surface area contributed by atoms with Gasteiger partial charge in [0.05, 0.1) is 5.69 Å². The number of nitrogens with two attached hydrogens (primary N) is 1. The minimum Gasteiger partial charge on any atom is -0.363 e. The third-order valence-corrected chi connectivity index (χ3v) is 4.15. The second-order valence-electron chi connectivity index (χ2n) is 5.95. The van der Waals surface area contributed by atoms with Gasteiger partial charge in [0, 0.05) is 35.8 Å². The Hall–Kier alpha value is -3.55. The summed E-state index contributed by atoms with van der Waals surface area (Å²) in [6.45, 7) is 4.71. The Kier molecular flexibility index (Phi) is 3.72. The van der Waals surface area contributed by atoms with E-state index in [4.69, 9.17) is 5.73 Å². The SMILES string of the molecule is CCn1cc(-c2ccc3nnc(C(N)=O)n3c2)c(-c2cccc(C)n2)n1. The van der Waals surface area contributed by atoms with Crippen molar-refractivity contribution in [3.8, 4) is 22.5 Å². The number of primary amides is 1. The number of aromatic nitrogens is 6. The van der Waals surface area contributed by atoms with Crippen LogP contribution in [0.5, 0.6) is 0 Å². The van der Waals surface area contributed by atoms with Gasteiger partial charge >= 0.3 is 0 Å². The molecule has 26 heavy (non-hydrogen) atoms. The van der Waals surface area contributed by atoms with E-state index in [1.165, 1.54) is 0 Å². The molecule has 4 aromatic rings. The number of hydrogen-bond donors (Lipinski definition) is 1. The third-order valence-electron chi connectivity index (χ3n) is 4.15. The van der Waals surface area contributed by atoms with Gasteiger partial charge in [-0.2, -0.15) is 5.10 Å². The Morgan fingerprint density at radius 3 is 2.73 bits per heavy atom. The summed E-state index contributed by atoms with van der Waals surface area (Å²) >= 11 is 0. The van der Waals surface area contributed by atoms with Crippen molar-refractivity contribution in [3.05, 3.63) is 54.2 Å². The van der Waals surface area contributed by atoms with E-state index in [1.54, 1.807) is 16.7 Å². The van der Waals surface area contributed by atoms with Crippen molar-refractivity contribution in [3.63, 3.8) is 0 Å². The maximum atomic E-state index is 11.6. The minimum atomic E-state index is -0.625. The summed E-state index contributed by atoms with van der Waals surface area (Å²) in [7, 11) is 0. The van der Waals surface area contributed by atoms with Gasteiger partial charge in [0.2, 0.25) is 5.82 Å². The lowest BCUT2D eigenvalue weighted by Crippen LogP contribution is -2.15. The number of aryl methyl sites for hydroxylation is 2. The molecule has 0 atom stereocenters. The molecular formula is C18H17N7O. The van der Waals surface area contributed by atoms with Crippen LogP contribution in [-0.4, -0.2) is 35.3 Å². The Morgan fingerprint density at radius 2 is 2.00 bits per heavy atom. The molecule has 0 bridgehead atoms. The predicted molar refractivity (Wildman–Crippen MR) is 96.4 cm³/mol. The van der Waals surface area contributed by atoms with Gasteiger partial charge in [0.1, 0.15) is 5.69 Å². The Bertz CT molecular complexity index is 1130. The summed E-state index contributed by atoms with van der Waals surface area (Å²) in [6, 6.07) is 9.56. The van der Waals surface area contributed by atoms with Gasteiger partial charge in [-0.15, -0.1) is 10.2 Å². The van der Waals surface area contributed by atoms with Crippen LogP contribution < -0.4 is 5.73 Å². The van der Waals surface area contributed by atoms with Crippen LogP contribution in [0.15, 0.2) is 42.7 Å². The number of nitrogens with zero attached hydrogens (tertiary/aromatic N) is 6. The van der Waals surface area contributed by atoms with Crippen molar-refractivity contribution in [2.24, 2.45) is 5.73 Å². The topological polar surface area (TPSA) is 104 Å². The van der Waals surface area contributed by atoms with Gasteiger partial charge in [0.25, 0.3) is 5.91 Å². The van der Waals surface area contributed by atoms with E-state index < -0.39 is 5.91 Å². The lowest BCUT2D eigenvalue weighted by atomic mass is 10.1. The van der Waals surface area contributed by atoms with Crippen LogP contribution >= 0.6 is 0 Å². The van der Waals surface area contributed by atoms with Gasteiger partial charge in [-0.05, 0) is 38.1 Å². The van der Waals surface area contributed by atoms with E-state index in [2.05, 4.69) is 20.3 Å². The number of hydrogen-bond acceptors (Lipinski definition) is 5. The van der Waals surface area contributed by atoms with Gasteiger partial charge in [-0.3, -0.25) is 18.9 Å². The first-order valence-corrected chi connectivity index (χ1v) is 8.23. The Balaban J connectivity index is 1.92. The van der Waals surface area contributed by atoms with Crippen molar-refractivity contribution in [1.82, 2.24) is 29.4 Å². The van der Waals surface area contributed by atoms with Crippen molar-refractivity contribution in [2.45, 2.75) is 20.4 Å². The zero-order valence-corrected chi connectivity index (χ0v) is 14.4. The van der Waals surface area contributed by atoms with Gasteiger partial charge in [-0.25, -0.2) is 0 Å². The van der Waals surface area contributed by atoms with E-state index in [0.717, 1.165) is 34.8 Å². The van der Waals surface area contributed by atoms with Crippen LogP contribution in [0.3, 0.4) is 0 Å². The first-order valence-electron chi connectivity index (χ1n) is 8.23. The van der Waals surface area contributed by atoms with Crippen LogP contribution in [0, 0.1) is 6.92 Å². The Labute approximate surface area is 149 Å². The van der Waals surface area contributed by atoms with E-state index >= 15 is 0 Å². The summed E-state index contributed by atoms with van der Waals surface area (Å²) < 4.78 is 3.45. The van der Waals surface area contributed by atoms with Crippen molar-refractivity contribution in [2.75, 3.05) is 0 Å². The summed E-state index contributed by atoms with van der Waals surface area (Å²) in [5.74, 6) is -0.528. The standard InChI is InChI=1S/C18H17N7O/c1-3-24-10-13(16(23-24)14-6-4-5-11(2)20-14)12-7-8-15-21-22-18(17(19)26)25(15)9-12/h4-10H,3H2,1-2H3,(H2,19,26). The molecule has 0 aliphatic carbocycles. The largest absolute Gasteiger partial charge is 0.363 e. The summed E-state index contributed by atoms with van der Waals surface area (Å²) in [6.07, 6.45) is 3.76. The molecule has 0 saturated heterocycles.